The molecule has 0 aliphatic carbocycles. The van der Waals surface area contributed by atoms with Crippen molar-refractivity contribution in [2.24, 2.45) is 5.92 Å². The first-order valence-corrected chi connectivity index (χ1v) is 13.3. The molecule has 0 radical (unpaired) electrons. The normalized spacial score (nSPS) is 15.8. The molecule has 1 amide bonds. The van der Waals surface area contributed by atoms with E-state index in [1.54, 1.807) is 24.3 Å². The van der Waals surface area contributed by atoms with Gasteiger partial charge in [0.25, 0.3) is 5.91 Å². The fourth-order valence-corrected chi connectivity index (χ4v) is 5.49. The maximum absolute atomic E-state index is 13.3. The quantitative estimate of drug-likeness (QED) is 0.246. The molecular formula is C33H32ClF3N2O. The number of nitrogens with one attached hydrogen (secondary N) is 1. The Balaban J connectivity index is 0.00000370. The lowest BCUT2D eigenvalue weighted by Gasteiger charge is -2.39. The summed E-state index contributed by atoms with van der Waals surface area (Å²) in [5.74, 6) is 0.0705. The van der Waals surface area contributed by atoms with Gasteiger partial charge in [0.2, 0.25) is 0 Å². The number of nitrogens with zero attached hydrogens (tertiary/aromatic N) is 1. The molecule has 0 saturated carbocycles. The van der Waals surface area contributed by atoms with Crippen molar-refractivity contribution < 1.29 is 18.0 Å². The fourth-order valence-electron chi connectivity index (χ4n) is 5.49. The zero-order chi connectivity index (χ0) is 27.2. The topological polar surface area (TPSA) is 32.3 Å². The maximum Gasteiger partial charge on any atom is 0.416 e. The van der Waals surface area contributed by atoms with E-state index < -0.39 is 11.7 Å². The maximum atomic E-state index is 13.3. The fraction of sp³-hybridized carbons (Fsp3) is 0.242. The number of halogens is 4. The summed E-state index contributed by atoms with van der Waals surface area (Å²) in [4.78, 5) is 15.8. The summed E-state index contributed by atoms with van der Waals surface area (Å²) in [5.41, 5.74) is 3.43. The van der Waals surface area contributed by atoms with Crippen molar-refractivity contribution in [3.05, 3.63) is 131 Å². The second-order valence-electron chi connectivity index (χ2n) is 10.1. The third-order valence-electron chi connectivity index (χ3n) is 7.39. The number of piperidine rings is 1. The molecule has 1 aliphatic heterocycles. The summed E-state index contributed by atoms with van der Waals surface area (Å²) in [6, 6.07) is 33.1. The number of rotatable bonds is 7. The molecule has 7 heteroatoms. The zero-order valence-electron chi connectivity index (χ0n) is 22.0. The van der Waals surface area contributed by atoms with E-state index >= 15 is 0 Å². The first-order valence-electron chi connectivity index (χ1n) is 13.3. The number of hydrogen-bond acceptors (Lipinski definition) is 2. The van der Waals surface area contributed by atoms with Crippen LogP contribution in [-0.4, -0.2) is 30.4 Å². The highest BCUT2D eigenvalue weighted by atomic mass is 35.5. The van der Waals surface area contributed by atoms with Crippen LogP contribution < -0.4 is 5.32 Å². The van der Waals surface area contributed by atoms with Crippen molar-refractivity contribution >= 4 is 18.3 Å². The predicted octanol–water partition coefficient (Wildman–Crippen LogP) is 8.03. The molecular weight excluding hydrogens is 533 g/mol. The monoisotopic (exact) mass is 564 g/mol. The second kappa shape index (κ2) is 13.2. The van der Waals surface area contributed by atoms with E-state index in [0.717, 1.165) is 38.1 Å². The van der Waals surface area contributed by atoms with Gasteiger partial charge in [-0.05, 0) is 65.8 Å². The predicted molar refractivity (Wildman–Crippen MR) is 155 cm³/mol. The number of benzene rings is 4. The molecule has 4 aromatic rings. The summed E-state index contributed by atoms with van der Waals surface area (Å²) in [6.45, 7) is 2.37. The largest absolute Gasteiger partial charge is 0.416 e. The van der Waals surface area contributed by atoms with Gasteiger partial charge in [-0.2, -0.15) is 13.2 Å². The Morgan fingerprint density at radius 1 is 0.825 bits per heavy atom. The van der Waals surface area contributed by atoms with Crippen LogP contribution >= 0.6 is 12.4 Å². The van der Waals surface area contributed by atoms with Gasteiger partial charge in [-0.3, -0.25) is 9.69 Å². The average Bonchev–Trinajstić information content (AvgIpc) is 2.97. The van der Waals surface area contributed by atoms with Crippen LogP contribution in [-0.2, 0) is 6.18 Å². The van der Waals surface area contributed by atoms with Crippen LogP contribution in [0.5, 0.6) is 0 Å². The van der Waals surface area contributed by atoms with Crippen LogP contribution in [0.25, 0.3) is 11.1 Å². The van der Waals surface area contributed by atoms with Crippen molar-refractivity contribution in [3.63, 3.8) is 0 Å². The summed E-state index contributed by atoms with van der Waals surface area (Å²) in [5, 5.41) is 3.11. The lowest BCUT2D eigenvalue weighted by atomic mass is 9.91. The average molecular weight is 565 g/mol. The van der Waals surface area contributed by atoms with E-state index in [0.29, 0.717) is 23.2 Å². The SMILES string of the molecule is Cl.O=C(NCC1CCCN(C(c2ccccc2)c2ccccc2)C1)c1ccccc1-c1ccc(C(F)(F)F)cc1. The Labute approximate surface area is 239 Å². The number of carbonyl (C=O) groups is 1. The molecule has 1 heterocycles. The Kier molecular flexibility index (Phi) is 9.67. The highest BCUT2D eigenvalue weighted by Gasteiger charge is 2.30. The smallest absolute Gasteiger partial charge is 0.352 e. The molecule has 1 fully saturated rings. The zero-order valence-corrected chi connectivity index (χ0v) is 22.8. The standard InChI is InChI=1S/C33H31F3N2O.ClH/c34-33(35,36)28-19-17-25(18-20-28)29-15-7-8-16-30(29)32(39)37-22-24-10-9-21-38(23-24)31(26-11-3-1-4-12-26)27-13-5-2-6-14-27;/h1-8,11-20,24,31H,9-10,21-23H2,(H,37,39);1H. The van der Waals surface area contributed by atoms with Gasteiger partial charge in [-0.15, -0.1) is 12.4 Å². The molecule has 208 valence electrons. The Hall–Kier alpha value is -3.61. The van der Waals surface area contributed by atoms with Crippen LogP contribution in [0.15, 0.2) is 109 Å². The van der Waals surface area contributed by atoms with Crippen molar-refractivity contribution in [1.29, 1.82) is 0 Å². The van der Waals surface area contributed by atoms with Crippen LogP contribution in [0, 0.1) is 5.92 Å². The molecule has 0 aromatic heterocycles. The Morgan fingerprint density at radius 3 is 2.00 bits per heavy atom. The number of carbonyl (C=O) groups excluding carboxylic acids is 1. The van der Waals surface area contributed by atoms with Crippen LogP contribution in [0.2, 0.25) is 0 Å². The second-order valence-corrected chi connectivity index (χ2v) is 10.1. The number of alkyl halides is 3. The third kappa shape index (κ3) is 6.93. The summed E-state index contributed by atoms with van der Waals surface area (Å²) < 4.78 is 39.0. The van der Waals surface area contributed by atoms with E-state index in [2.05, 4.69) is 58.7 Å². The highest BCUT2D eigenvalue weighted by molar-refractivity contribution is 6.00. The number of amides is 1. The molecule has 1 atom stereocenters. The van der Waals surface area contributed by atoms with Gasteiger partial charge in [0.05, 0.1) is 11.6 Å². The Bertz CT molecular complexity index is 1340. The summed E-state index contributed by atoms with van der Waals surface area (Å²) >= 11 is 0. The first-order chi connectivity index (χ1) is 18.9. The molecule has 0 bridgehead atoms. The summed E-state index contributed by atoms with van der Waals surface area (Å²) in [7, 11) is 0. The van der Waals surface area contributed by atoms with Gasteiger partial charge in [0, 0.05) is 18.7 Å². The molecule has 0 spiro atoms. The molecule has 3 nitrogen and oxygen atoms in total. The van der Waals surface area contributed by atoms with Gasteiger partial charge in [-0.25, -0.2) is 0 Å². The van der Waals surface area contributed by atoms with Gasteiger partial charge in [-0.1, -0.05) is 91.0 Å². The van der Waals surface area contributed by atoms with Gasteiger partial charge in [0.15, 0.2) is 0 Å². The minimum atomic E-state index is -4.40. The van der Waals surface area contributed by atoms with Crippen LogP contribution in [0.3, 0.4) is 0 Å². The van der Waals surface area contributed by atoms with Gasteiger partial charge >= 0.3 is 6.18 Å². The van der Waals surface area contributed by atoms with Crippen molar-refractivity contribution in [3.8, 4) is 11.1 Å². The van der Waals surface area contributed by atoms with E-state index in [1.165, 1.54) is 23.3 Å². The van der Waals surface area contributed by atoms with Crippen LogP contribution in [0.1, 0.15) is 45.9 Å². The van der Waals surface area contributed by atoms with Crippen molar-refractivity contribution in [2.75, 3.05) is 19.6 Å². The third-order valence-corrected chi connectivity index (χ3v) is 7.39. The number of likely N-dealkylation sites (tertiary alicyclic amines) is 1. The molecule has 5 rings (SSSR count). The minimum Gasteiger partial charge on any atom is -0.352 e. The molecule has 1 aliphatic rings. The lowest BCUT2D eigenvalue weighted by Crippen LogP contribution is -2.42. The highest BCUT2D eigenvalue weighted by Crippen LogP contribution is 2.33. The lowest BCUT2D eigenvalue weighted by molar-refractivity contribution is -0.137. The van der Waals surface area contributed by atoms with E-state index in [1.807, 2.05) is 12.1 Å². The molecule has 4 aromatic carbocycles. The molecule has 1 unspecified atom stereocenters. The van der Waals surface area contributed by atoms with E-state index in [9.17, 15) is 18.0 Å². The van der Waals surface area contributed by atoms with Gasteiger partial charge in [0.1, 0.15) is 0 Å². The minimum absolute atomic E-state index is 0. The summed E-state index contributed by atoms with van der Waals surface area (Å²) in [6.07, 6.45) is -2.34. The number of hydrogen-bond donors (Lipinski definition) is 1. The molecule has 1 saturated heterocycles. The van der Waals surface area contributed by atoms with E-state index in [-0.39, 0.29) is 30.3 Å². The molecule has 1 N–H and O–H groups in total. The van der Waals surface area contributed by atoms with Crippen molar-refractivity contribution in [2.45, 2.75) is 25.1 Å². The first kappa shape index (κ1) is 29.4. The van der Waals surface area contributed by atoms with Crippen molar-refractivity contribution in [1.82, 2.24) is 10.2 Å². The van der Waals surface area contributed by atoms with E-state index in [4.69, 9.17) is 0 Å². The molecule has 40 heavy (non-hydrogen) atoms. The van der Waals surface area contributed by atoms with Crippen LogP contribution in [0.4, 0.5) is 13.2 Å². The van der Waals surface area contributed by atoms with Gasteiger partial charge < -0.3 is 5.32 Å². The Morgan fingerprint density at radius 2 is 1.40 bits per heavy atom.